The standard InChI is InChI=1S/C5H13NO4S/c1-9-4-5-10-3-2-6-11(7)8/h6H,2-5H2,1H3,(H,7,8)/p-1. The fraction of sp³-hybridized carbons (Fsp3) is 1.00. The Hall–Kier alpha value is -0.0100. The van der Waals surface area contributed by atoms with Crippen molar-refractivity contribution in [1.82, 2.24) is 4.72 Å². The Morgan fingerprint density at radius 1 is 1.45 bits per heavy atom. The van der Waals surface area contributed by atoms with Crippen LogP contribution in [0.5, 0.6) is 0 Å². The van der Waals surface area contributed by atoms with Crippen LogP contribution in [0.2, 0.25) is 0 Å². The zero-order valence-electron chi connectivity index (χ0n) is 6.37. The lowest BCUT2D eigenvalue weighted by molar-refractivity contribution is 0.0736. The molecule has 0 aliphatic rings. The van der Waals surface area contributed by atoms with Crippen molar-refractivity contribution < 1.29 is 18.2 Å². The third-order valence-corrected chi connectivity index (χ3v) is 1.34. The van der Waals surface area contributed by atoms with Crippen LogP contribution in [0.25, 0.3) is 0 Å². The smallest absolute Gasteiger partial charge is 0.0700 e. The second kappa shape index (κ2) is 8.09. The second-order valence-corrected chi connectivity index (χ2v) is 2.49. The van der Waals surface area contributed by atoms with E-state index in [1.54, 1.807) is 7.11 Å². The van der Waals surface area contributed by atoms with E-state index >= 15 is 0 Å². The molecule has 0 aliphatic heterocycles. The van der Waals surface area contributed by atoms with Gasteiger partial charge in [0, 0.05) is 24.9 Å². The molecule has 0 heterocycles. The average Bonchev–Trinajstić information content (AvgIpc) is 1.96. The predicted octanol–water partition coefficient (Wildman–Crippen LogP) is -0.967. The summed E-state index contributed by atoms with van der Waals surface area (Å²) < 4.78 is 31.6. The summed E-state index contributed by atoms with van der Waals surface area (Å²) in [4.78, 5) is 0. The number of nitrogens with one attached hydrogen (secondary N) is 1. The minimum atomic E-state index is -2.18. The Morgan fingerprint density at radius 3 is 2.73 bits per heavy atom. The number of ether oxygens (including phenoxy) is 2. The zero-order chi connectivity index (χ0) is 8.53. The highest BCUT2D eigenvalue weighted by molar-refractivity contribution is 7.77. The highest BCUT2D eigenvalue weighted by Gasteiger charge is 1.86. The van der Waals surface area contributed by atoms with Gasteiger partial charge in [0.15, 0.2) is 0 Å². The van der Waals surface area contributed by atoms with E-state index < -0.39 is 11.3 Å². The molecule has 0 radical (unpaired) electrons. The van der Waals surface area contributed by atoms with Crippen LogP contribution in [0.1, 0.15) is 0 Å². The SMILES string of the molecule is COCCOCCNS(=O)[O-]. The number of hydrogen-bond donors (Lipinski definition) is 1. The van der Waals surface area contributed by atoms with Crippen molar-refractivity contribution in [2.75, 3.05) is 33.5 Å². The highest BCUT2D eigenvalue weighted by Crippen LogP contribution is 1.74. The van der Waals surface area contributed by atoms with Gasteiger partial charge in [-0.05, 0) is 0 Å². The van der Waals surface area contributed by atoms with E-state index in [4.69, 9.17) is 9.47 Å². The molecule has 0 fully saturated rings. The van der Waals surface area contributed by atoms with Gasteiger partial charge in [0.05, 0.1) is 19.8 Å². The summed E-state index contributed by atoms with van der Waals surface area (Å²) in [6.07, 6.45) is 0. The molecule has 0 rings (SSSR count). The molecule has 6 heteroatoms. The maximum atomic E-state index is 9.90. The van der Waals surface area contributed by atoms with Crippen molar-refractivity contribution >= 4 is 11.3 Å². The van der Waals surface area contributed by atoms with E-state index in [-0.39, 0.29) is 0 Å². The topological polar surface area (TPSA) is 70.6 Å². The van der Waals surface area contributed by atoms with Gasteiger partial charge in [-0.2, -0.15) is 0 Å². The van der Waals surface area contributed by atoms with Gasteiger partial charge < -0.3 is 14.0 Å². The highest BCUT2D eigenvalue weighted by atomic mass is 32.2. The molecule has 0 aliphatic carbocycles. The van der Waals surface area contributed by atoms with Gasteiger partial charge in [-0.25, -0.2) is 4.72 Å². The van der Waals surface area contributed by atoms with Crippen molar-refractivity contribution in [2.45, 2.75) is 0 Å². The molecule has 11 heavy (non-hydrogen) atoms. The molecule has 1 N–H and O–H groups in total. The maximum absolute atomic E-state index is 9.90. The first-order valence-electron chi connectivity index (χ1n) is 3.17. The van der Waals surface area contributed by atoms with E-state index in [1.807, 2.05) is 0 Å². The Morgan fingerprint density at radius 2 is 2.18 bits per heavy atom. The predicted molar refractivity (Wildman–Crippen MR) is 39.6 cm³/mol. The summed E-state index contributed by atoms with van der Waals surface area (Å²) in [5.74, 6) is 0. The van der Waals surface area contributed by atoms with Gasteiger partial charge in [0.25, 0.3) is 0 Å². The van der Waals surface area contributed by atoms with Crippen LogP contribution in [0, 0.1) is 0 Å². The minimum absolute atomic E-state index is 0.305. The van der Waals surface area contributed by atoms with E-state index in [2.05, 4.69) is 4.72 Å². The van der Waals surface area contributed by atoms with Crippen LogP contribution >= 0.6 is 0 Å². The van der Waals surface area contributed by atoms with Crippen LogP contribution in [0.3, 0.4) is 0 Å². The Kier molecular flexibility index (Phi) is 8.08. The normalized spacial score (nSPS) is 13.3. The summed E-state index contributed by atoms with van der Waals surface area (Å²) >= 11 is -2.18. The lowest BCUT2D eigenvalue weighted by atomic mass is 10.7. The minimum Gasteiger partial charge on any atom is -0.760 e. The molecule has 0 amide bonds. The monoisotopic (exact) mass is 182 g/mol. The Balaban J connectivity index is 2.85. The first kappa shape index (κ1) is 11.0. The molecule has 0 aromatic carbocycles. The largest absolute Gasteiger partial charge is 0.760 e. The summed E-state index contributed by atoms with van der Waals surface area (Å²) in [5.41, 5.74) is 0. The van der Waals surface area contributed by atoms with Crippen LogP contribution in [-0.4, -0.2) is 42.2 Å². The zero-order valence-corrected chi connectivity index (χ0v) is 7.19. The molecule has 5 nitrogen and oxygen atoms in total. The summed E-state index contributed by atoms with van der Waals surface area (Å²) in [7, 11) is 1.58. The molecule has 1 atom stereocenters. The van der Waals surface area contributed by atoms with E-state index in [1.165, 1.54) is 0 Å². The third kappa shape index (κ3) is 9.99. The van der Waals surface area contributed by atoms with Crippen molar-refractivity contribution in [1.29, 1.82) is 0 Å². The van der Waals surface area contributed by atoms with E-state index in [9.17, 15) is 8.76 Å². The third-order valence-electron chi connectivity index (χ3n) is 0.898. The quantitative estimate of drug-likeness (QED) is 0.406. The summed E-state index contributed by atoms with van der Waals surface area (Å²) in [6, 6.07) is 0. The van der Waals surface area contributed by atoms with Crippen LogP contribution in [0.15, 0.2) is 0 Å². The second-order valence-electron chi connectivity index (χ2n) is 1.73. The lowest BCUT2D eigenvalue weighted by Gasteiger charge is -2.06. The van der Waals surface area contributed by atoms with Gasteiger partial charge in [0.1, 0.15) is 0 Å². The van der Waals surface area contributed by atoms with E-state index in [0.717, 1.165) is 0 Å². The van der Waals surface area contributed by atoms with Crippen molar-refractivity contribution in [3.63, 3.8) is 0 Å². The molecular weight excluding hydrogens is 170 g/mol. The molecule has 0 saturated carbocycles. The summed E-state index contributed by atoms with van der Waals surface area (Å²) in [5, 5.41) is 0. The molecular formula is C5H12NO4S-. The average molecular weight is 182 g/mol. The van der Waals surface area contributed by atoms with Crippen molar-refractivity contribution in [2.24, 2.45) is 0 Å². The van der Waals surface area contributed by atoms with Gasteiger partial charge in [-0.1, -0.05) is 0 Å². The van der Waals surface area contributed by atoms with Crippen molar-refractivity contribution in [3.05, 3.63) is 0 Å². The lowest BCUT2D eigenvalue weighted by Crippen LogP contribution is -2.22. The number of hydrogen-bond acceptors (Lipinski definition) is 4. The fourth-order valence-corrected chi connectivity index (χ4v) is 0.691. The van der Waals surface area contributed by atoms with Gasteiger partial charge in [-0.3, -0.25) is 4.21 Å². The summed E-state index contributed by atoms with van der Waals surface area (Å²) in [6.45, 7) is 1.70. The molecule has 0 spiro atoms. The van der Waals surface area contributed by atoms with E-state index in [0.29, 0.717) is 26.4 Å². The first-order chi connectivity index (χ1) is 5.27. The Labute approximate surface area is 68.5 Å². The maximum Gasteiger partial charge on any atom is 0.0700 e. The first-order valence-corrected chi connectivity index (χ1v) is 4.24. The van der Waals surface area contributed by atoms with Crippen LogP contribution < -0.4 is 4.72 Å². The molecule has 1 unspecified atom stereocenters. The molecule has 0 bridgehead atoms. The molecule has 0 saturated heterocycles. The number of rotatable bonds is 7. The Bertz CT molecular complexity index is 111. The fourth-order valence-electron chi connectivity index (χ4n) is 0.441. The molecule has 68 valence electrons. The van der Waals surface area contributed by atoms with Crippen molar-refractivity contribution in [3.8, 4) is 0 Å². The van der Waals surface area contributed by atoms with Gasteiger partial charge >= 0.3 is 0 Å². The van der Waals surface area contributed by atoms with Crippen LogP contribution in [-0.2, 0) is 20.7 Å². The number of methoxy groups -OCH3 is 1. The van der Waals surface area contributed by atoms with Crippen LogP contribution in [0.4, 0.5) is 0 Å². The molecule has 0 aromatic heterocycles. The van der Waals surface area contributed by atoms with Gasteiger partial charge in [-0.15, -0.1) is 0 Å². The molecule has 0 aromatic rings. The van der Waals surface area contributed by atoms with Gasteiger partial charge in [0.2, 0.25) is 0 Å².